The molecule has 1 saturated carbocycles. The van der Waals surface area contributed by atoms with Crippen LogP contribution in [0.25, 0.3) is 10.6 Å². The van der Waals surface area contributed by atoms with Gasteiger partial charge in [-0.15, -0.1) is 11.3 Å². The van der Waals surface area contributed by atoms with E-state index in [1.54, 1.807) is 0 Å². The highest BCUT2D eigenvalue weighted by Crippen LogP contribution is 2.48. The Balaban J connectivity index is 1.15. The van der Waals surface area contributed by atoms with E-state index in [-0.39, 0.29) is 23.8 Å². The number of halogens is 3. The van der Waals surface area contributed by atoms with Crippen LogP contribution in [0.3, 0.4) is 0 Å². The minimum absolute atomic E-state index is 0.00318. The number of amides is 1. The Hall–Kier alpha value is -3.65. The summed E-state index contributed by atoms with van der Waals surface area (Å²) in [5.41, 5.74) is 4.06. The first-order valence-corrected chi connectivity index (χ1v) is 13.3. The Morgan fingerprint density at radius 1 is 1.03 bits per heavy atom. The summed E-state index contributed by atoms with van der Waals surface area (Å²) in [5, 5.41) is 7.23. The summed E-state index contributed by atoms with van der Waals surface area (Å²) in [6, 6.07) is 23.2. The maximum Gasteiger partial charge on any atom is 0.416 e. The lowest BCUT2D eigenvalue weighted by atomic mass is 10.1. The predicted octanol–water partition coefficient (Wildman–Crippen LogP) is 7.73. The number of carbonyl (C=O) groups excluding carboxylic acids is 1. The van der Waals surface area contributed by atoms with Crippen LogP contribution in [-0.4, -0.2) is 10.9 Å². The van der Waals surface area contributed by atoms with E-state index in [2.05, 4.69) is 27.8 Å². The smallest absolute Gasteiger partial charge is 0.380 e. The van der Waals surface area contributed by atoms with Crippen LogP contribution in [-0.2, 0) is 17.5 Å². The molecular weight excluding hydrogens is 507 g/mol. The van der Waals surface area contributed by atoms with E-state index in [1.807, 2.05) is 56.3 Å². The van der Waals surface area contributed by atoms with Crippen LogP contribution < -0.4 is 10.6 Å². The average molecular weight is 536 g/mol. The zero-order chi connectivity index (χ0) is 26.9. The number of nitrogens with zero attached hydrogens (tertiary/aromatic N) is 1. The lowest BCUT2D eigenvalue weighted by molar-refractivity contribution is -0.137. The maximum atomic E-state index is 12.8. The van der Waals surface area contributed by atoms with Crippen LogP contribution >= 0.6 is 11.3 Å². The van der Waals surface area contributed by atoms with Crippen molar-refractivity contribution in [3.8, 4) is 10.6 Å². The number of hydrogen-bond donors (Lipinski definition) is 2. The lowest BCUT2D eigenvalue weighted by Gasteiger charge is -2.14. The van der Waals surface area contributed by atoms with Crippen molar-refractivity contribution in [2.45, 2.75) is 44.9 Å². The molecule has 0 saturated heterocycles. The molecule has 1 aliphatic carbocycles. The van der Waals surface area contributed by atoms with Crippen LogP contribution in [0, 0.1) is 12.8 Å². The van der Waals surface area contributed by atoms with E-state index in [9.17, 15) is 18.0 Å². The molecule has 196 valence electrons. The molecule has 0 radical (unpaired) electrons. The molecule has 0 spiro atoms. The SMILES string of the molecule is Cc1nc(-c2ccc(C(F)(F)F)cc2)sc1CNc1ccc(C2CC2C(=O)N[C@@H](C)c2ccccc2)cc1. The number of anilines is 1. The Morgan fingerprint density at radius 2 is 1.71 bits per heavy atom. The van der Waals surface area contributed by atoms with Crippen LogP contribution in [0.15, 0.2) is 78.9 Å². The molecule has 1 aliphatic rings. The average Bonchev–Trinajstić information content (AvgIpc) is 3.63. The van der Waals surface area contributed by atoms with Gasteiger partial charge in [0.05, 0.1) is 23.8 Å². The molecule has 1 heterocycles. The molecule has 2 unspecified atom stereocenters. The second-order valence-corrected chi connectivity index (χ2v) is 10.8. The Morgan fingerprint density at radius 3 is 2.37 bits per heavy atom. The number of alkyl halides is 3. The monoisotopic (exact) mass is 535 g/mol. The molecule has 4 aromatic rings. The fourth-order valence-electron chi connectivity index (χ4n) is 4.55. The molecule has 1 aromatic heterocycles. The Labute approximate surface area is 223 Å². The lowest BCUT2D eigenvalue weighted by Crippen LogP contribution is -2.28. The third-order valence-electron chi connectivity index (χ3n) is 6.93. The summed E-state index contributed by atoms with van der Waals surface area (Å²) in [5.74, 6) is 0.337. The predicted molar refractivity (Wildman–Crippen MR) is 145 cm³/mol. The highest BCUT2D eigenvalue weighted by Gasteiger charge is 2.44. The van der Waals surface area contributed by atoms with Crippen LogP contribution in [0.5, 0.6) is 0 Å². The third-order valence-corrected chi connectivity index (χ3v) is 8.14. The van der Waals surface area contributed by atoms with Gasteiger partial charge < -0.3 is 10.6 Å². The number of benzene rings is 3. The fourth-order valence-corrected chi connectivity index (χ4v) is 5.55. The number of rotatable bonds is 8. The van der Waals surface area contributed by atoms with Gasteiger partial charge in [0.2, 0.25) is 5.91 Å². The van der Waals surface area contributed by atoms with Crippen LogP contribution in [0.1, 0.15) is 52.6 Å². The molecule has 1 fully saturated rings. The first-order valence-electron chi connectivity index (χ1n) is 12.5. The van der Waals surface area contributed by atoms with Crippen LogP contribution in [0.2, 0.25) is 0 Å². The van der Waals surface area contributed by atoms with Crippen molar-refractivity contribution in [2.24, 2.45) is 5.92 Å². The highest BCUT2D eigenvalue weighted by molar-refractivity contribution is 7.15. The molecule has 38 heavy (non-hydrogen) atoms. The van der Waals surface area contributed by atoms with Gasteiger partial charge in [-0.3, -0.25) is 4.79 Å². The Kier molecular flexibility index (Phi) is 7.25. The molecule has 1 amide bonds. The summed E-state index contributed by atoms with van der Waals surface area (Å²) < 4.78 is 38.5. The second-order valence-electron chi connectivity index (χ2n) is 9.67. The molecule has 4 nitrogen and oxygen atoms in total. The van der Waals surface area contributed by atoms with E-state index in [4.69, 9.17) is 0 Å². The van der Waals surface area contributed by atoms with Crippen molar-refractivity contribution < 1.29 is 18.0 Å². The standard InChI is InChI=1S/C30H28F3N3OS/c1-18(20-6-4-3-5-7-20)35-28(37)26-16-25(26)21-10-14-24(15-11-21)34-17-27-19(2)36-29(38-27)22-8-12-23(13-9-22)30(31,32)33/h3-15,18,25-26,34H,16-17H2,1-2H3,(H,35,37)/t18-,25?,26?/m0/s1. The molecule has 0 aliphatic heterocycles. The van der Waals surface area contributed by atoms with Crippen molar-refractivity contribution in [1.29, 1.82) is 0 Å². The van der Waals surface area contributed by atoms with E-state index in [0.717, 1.165) is 45.9 Å². The molecule has 5 rings (SSSR count). The van der Waals surface area contributed by atoms with Gasteiger partial charge in [-0.2, -0.15) is 13.2 Å². The molecular formula is C30H28F3N3OS. The number of thiazole rings is 1. The van der Waals surface area contributed by atoms with Gasteiger partial charge in [0.1, 0.15) is 5.01 Å². The number of aromatic nitrogens is 1. The van der Waals surface area contributed by atoms with Gasteiger partial charge >= 0.3 is 6.18 Å². The number of aryl methyl sites for hydroxylation is 1. The third kappa shape index (κ3) is 5.91. The normalized spacial score (nSPS) is 17.6. The number of nitrogens with one attached hydrogen (secondary N) is 2. The number of carbonyl (C=O) groups is 1. The molecule has 2 N–H and O–H groups in total. The van der Waals surface area contributed by atoms with Gasteiger partial charge in [-0.05, 0) is 61.6 Å². The van der Waals surface area contributed by atoms with Crippen molar-refractivity contribution in [2.75, 3.05) is 5.32 Å². The first-order chi connectivity index (χ1) is 18.2. The zero-order valence-electron chi connectivity index (χ0n) is 21.0. The van der Waals surface area contributed by atoms with Gasteiger partial charge in [-0.25, -0.2) is 4.98 Å². The zero-order valence-corrected chi connectivity index (χ0v) is 21.9. The van der Waals surface area contributed by atoms with Gasteiger partial charge in [-0.1, -0.05) is 54.6 Å². The van der Waals surface area contributed by atoms with E-state index in [1.165, 1.54) is 23.5 Å². The molecule has 3 atom stereocenters. The number of hydrogen-bond acceptors (Lipinski definition) is 4. The molecule has 3 aromatic carbocycles. The largest absolute Gasteiger partial charge is 0.416 e. The van der Waals surface area contributed by atoms with Crippen molar-refractivity contribution in [3.63, 3.8) is 0 Å². The van der Waals surface area contributed by atoms with E-state index in [0.29, 0.717) is 17.1 Å². The summed E-state index contributed by atoms with van der Waals surface area (Å²) in [6.07, 6.45) is -3.50. The van der Waals surface area contributed by atoms with Gasteiger partial charge in [0.15, 0.2) is 0 Å². The van der Waals surface area contributed by atoms with Gasteiger partial charge in [0.25, 0.3) is 0 Å². The van der Waals surface area contributed by atoms with Gasteiger partial charge in [0, 0.05) is 22.0 Å². The molecule has 8 heteroatoms. The van der Waals surface area contributed by atoms with Crippen LogP contribution in [0.4, 0.5) is 18.9 Å². The highest BCUT2D eigenvalue weighted by atomic mass is 32.1. The van der Waals surface area contributed by atoms with Crippen molar-refractivity contribution in [3.05, 3.63) is 106 Å². The molecule has 0 bridgehead atoms. The quantitative estimate of drug-likeness (QED) is 0.243. The topological polar surface area (TPSA) is 54.0 Å². The minimum atomic E-state index is -4.35. The second kappa shape index (κ2) is 10.6. The Bertz CT molecular complexity index is 1400. The van der Waals surface area contributed by atoms with E-state index < -0.39 is 11.7 Å². The summed E-state index contributed by atoms with van der Waals surface area (Å²) in [6.45, 7) is 4.47. The summed E-state index contributed by atoms with van der Waals surface area (Å²) >= 11 is 1.47. The summed E-state index contributed by atoms with van der Waals surface area (Å²) in [4.78, 5) is 18.3. The maximum absolute atomic E-state index is 12.8. The first kappa shape index (κ1) is 26.0. The minimum Gasteiger partial charge on any atom is -0.380 e. The van der Waals surface area contributed by atoms with E-state index >= 15 is 0 Å². The van der Waals surface area contributed by atoms with Crippen molar-refractivity contribution in [1.82, 2.24) is 10.3 Å². The summed E-state index contributed by atoms with van der Waals surface area (Å²) in [7, 11) is 0. The fraction of sp³-hybridized carbons (Fsp3) is 0.267. The van der Waals surface area contributed by atoms with Crippen molar-refractivity contribution >= 4 is 22.9 Å².